The Hall–Kier alpha value is -1.81. The van der Waals surface area contributed by atoms with Crippen molar-refractivity contribution < 1.29 is 0 Å². The lowest BCUT2D eigenvalue weighted by atomic mass is 10.1. The van der Waals surface area contributed by atoms with Crippen LogP contribution >= 0.6 is 12.4 Å². The Kier molecular flexibility index (Phi) is 2.44. The van der Waals surface area contributed by atoms with Crippen molar-refractivity contribution in [3.63, 3.8) is 0 Å². The summed E-state index contributed by atoms with van der Waals surface area (Å²) in [6, 6.07) is 5.58. The Morgan fingerprint density at radius 1 is 1.25 bits per heavy atom. The molecule has 0 bridgehead atoms. The molecule has 4 nitrogen and oxygen atoms in total. The maximum absolute atomic E-state index is 11.6. The van der Waals surface area contributed by atoms with Gasteiger partial charge in [-0.3, -0.25) is 14.2 Å². The van der Waals surface area contributed by atoms with Crippen molar-refractivity contribution in [1.82, 2.24) is 9.55 Å². The fourth-order valence-electron chi connectivity index (χ4n) is 1.96. The lowest BCUT2D eigenvalue weighted by Gasteiger charge is -2.13. The SMILES string of the molecule is Cl.O=c1[nH]c2cccc3c2n(c1=O)CC=C3. The standard InChI is InChI=1S/C11H8N2O2.ClH/c14-10-11(15)13-6-2-4-7-3-1-5-8(12-10)9(7)13;/h1-5H,6H2,(H,12,14);1H. The summed E-state index contributed by atoms with van der Waals surface area (Å²) in [5, 5.41) is 0. The molecule has 3 rings (SSSR count). The third-order valence-electron chi connectivity index (χ3n) is 2.61. The van der Waals surface area contributed by atoms with Gasteiger partial charge in [0.25, 0.3) is 0 Å². The van der Waals surface area contributed by atoms with Crippen molar-refractivity contribution in [3.8, 4) is 0 Å². The van der Waals surface area contributed by atoms with Crippen molar-refractivity contribution in [2.75, 3.05) is 0 Å². The van der Waals surface area contributed by atoms with Gasteiger partial charge in [0.1, 0.15) is 0 Å². The third kappa shape index (κ3) is 1.31. The number of H-pyrrole nitrogens is 1. The molecule has 0 saturated carbocycles. The fraction of sp³-hybridized carbons (Fsp3) is 0.0909. The Bertz CT molecular complexity index is 697. The van der Waals surface area contributed by atoms with Crippen molar-refractivity contribution in [3.05, 3.63) is 50.5 Å². The molecular formula is C11H9ClN2O2. The number of hydrogen-bond donors (Lipinski definition) is 1. The molecule has 16 heavy (non-hydrogen) atoms. The van der Waals surface area contributed by atoms with E-state index in [0.717, 1.165) is 11.1 Å². The van der Waals surface area contributed by atoms with Gasteiger partial charge in [0, 0.05) is 12.1 Å². The summed E-state index contributed by atoms with van der Waals surface area (Å²) in [6.45, 7) is 0.469. The first-order valence-electron chi connectivity index (χ1n) is 4.70. The van der Waals surface area contributed by atoms with Gasteiger partial charge in [-0.05, 0) is 6.07 Å². The molecule has 1 aliphatic heterocycles. The van der Waals surface area contributed by atoms with Gasteiger partial charge in [-0.15, -0.1) is 12.4 Å². The van der Waals surface area contributed by atoms with E-state index in [9.17, 15) is 9.59 Å². The Balaban J connectivity index is 0.000000963. The van der Waals surface area contributed by atoms with Crippen LogP contribution in [0.3, 0.4) is 0 Å². The number of para-hydroxylation sites is 1. The molecule has 1 aromatic carbocycles. The Labute approximate surface area is 96.6 Å². The summed E-state index contributed by atoms with van der Waals surface area (Å²) in [7, 11) is 0. The van der Waals surface area contributed by atoms with Gasteiger partial charge < -0.3 is 4.98 Å². The molecule has 0 atom stereocenters. The summed E-state index contributed by atoms with van der Waals surface area (Å²) in [5.41, 5.74) is 1.44. The molecule has 1 N–H and O–H groups in total. The minimum Gasteiger partial charge on any atom is -0.316 e. The largest absolute Gasteiger partial charge is 0.317 e. The highest BCUT2D eigenvalue weighted by molar-refractivity contribution is 5.86. The second-order valence-corrected chi connectivity index (χ2v) is 3.52. The van der Waals surface area contributed by atoms with Gasteiger partial charge in [-0.25, -0.2) is 0 Å². The Morgan fingerprint density at radius 2 is 2.06 bits per heavy atom. The highest BCUT2D eigenvalue weighted by Crippen LogP contribution is 2.19. The quantitative estimate of drug-likeness (QED) is 0.698. The summed E-state index contributed by atoms with van der Waals surface area (Å²) >= 11 is 0. The van der Waals surface area contributed by atoms with Crippen LogP contribution in [0.1, 0.15) is 5.56 Å². The van der Waals surface area contributed by atoms with Gasteiger partial charge >= 0.3 is 11.1 Å². The Morgan fingerprint density at radius 3 is 2.88 bits per heavy atom. The highest BCUT2D eigenvalue weighted by Gasteiger charge is 2.11. The van der Waals surface area contributed by atoms with Crippen LogP contribution < -0.4 is 11.1 Å². The number of rotatable bonds is 0. The zero-order valence-electron chi connectivity index (χ0n) is 8.27. The molecule has 2 heterocycles. The lowest BCUT2D eigenvalue weighted by Crippen LogP contribution is -2.36. The fourth-order valence-corrected chi connectivity index (χ4v) is 1.96. The predicted molar refractivity (Wildman–Crippen MR) is 65.1 cm³/mol. The van der Waals surface area contributed by atoms with Crippen molar-refractivity contribution >= 4 is 29.5 Å². The average Bonchev–Trinajstić information content (AvgIpc) is 2.26. The van der Waals surface area contributed by atoms with Gasteiger partial charge in [-0.2, -0.15) is 0 Å². The number of hydrogen-bond acceptors (Lipinski definition) is 2. The van der Waals surface area contributed by atoms with E-state index in [1.54, 1.807) is 6.07 Å². The number of halogens is 1. The molecular weight excluding hydrogens is 228 g/mol. The van der Waals surface area contributed by atoms with Crippen LogP contribution in [0, 0.1) is 0 Å². The smallest absolute Gasteiger partial charge is 0.316 e. The van der Waals surface area contributed by atoms with Gasteiger partial charge in [0.05, 0.1) is 11.0 Å². The lowest BCUT2D eigenvalue weighted by molar-refractivity contribution is 0.791. The van der Waals surface area contributed by atoms with Crippen LogP contribution in [0.5, 0.6) is 0 Å². The summed E-state index contributed by atoms with van der Waals surface area (Å²) in [4.78, 5) is 25.5. The van der Waals surface area contributed by atoms with E-state index in [2.05, 4.69) is 4.98 Å². The second kappa shape index (κ2) is 3.64. The van der Waals surface area contributed by atoms with E-state index in [1.165, 1.54) is 4.57 Å². The number of nitrogens with one attached hydrogen (secondary N) is 1. The summed E-state index contributed by atoms with van der Waals surface area (Å²) in [6.07, 6.45) is 3.84. The first-order chi connectivity index (χ1) is 7.27. The molecule has 0 amide bonds. The van der Waals surface area contributed by atoms with E-state index >= 15 is 0 Å². The summed E-state index contributed by atoms with van der Waals surface area (Å²) in [5.74, 6) is 0. The number of benzene rings is 1. The van der Waals surface area contributed by atoms with Crippen LogP contribution in [-0.4, -0.2) is 9.55 Å². The second-order valence-electron chi connectivity index (χ2n) is 3.52. The monoisotopic (exact) mass is 236 g/mol. The van der Waals surface area contributed by atoms with Gasteiger partial charge in [0.15, 0.2) is 0 Å². The van der Waals surface area contributed by atoms with Gasteiger partial charge in [0.2, 0.25) is 0 Å². The first kappa shape index (κ1) is 10.7. The maximum atomic E-state index is 11.6. The molecule has 0 aliphatic carbocycles. The molecule has 0 saturated heterocycles. The molecule has 1 aromatic heterocycles. The number of allylic oxidation sites excluding steroid dienone is 1. The molecule has 0 unspecified atom stereocenters. The molecule has 0 radical (unpaired) electrons. The molecule has 0 spiro atoms. The zero-order chi connectivity index (χ0) is 10.4. The predicted octanol–water partition coefficient (Wildman–Crippen LogP) is 1.14. The number of aromatic nitrogens is 2. The van der Waals surface area contributed by atoms with Crippen LogP contribution in [-0.2, 0) is 6.54 Å². The first-order valence-corrected chi connectivity index (χ1v) is 4.70. The molecule has 5 heteroatoms. The van der Waals surface area contributed by atoms with Crippen molar-refractivity contribution in [2.24, 2.45) is 0 Å². The van der Waals surface area contributed by atoms with Crippen LogP contribution in [0.15, 0.2) is 33.9 Å². The van der Waals surface area contributed by atoms with Crippen molar-refractivity contribution in [1.29, 1.82) is 0 Å². The van der Waals surface area contributed by atoms with E-state index in [1.807, 2.05) is 24.3 Å². The third-order valence-corrected chi connectivity index (χ3v) is 2.61. The minimum atomic E-state index is -0.560. The molecule has 0 fully saturated rings. The van der Waals surface area contributed by atoms with Crippen molar-refractivity contribution in [2.45, 2.75) is 6.54 Å². The normalized spacial score (nSPS) is 12.5. The average molecular weight is 237 g/mol. The number of nitrogens with zero attached hydrogens (tertiary/aromatic N) is 1. The number of aromatic amines is 1. The van der Waals surface area contributed by atoms with Crippen LogP contribution in [0.4, 0.5) is 0 Å². The zero-order valence-corrected chi connectivity index (χ0v) is 9.08. The molecule has 2 aromatic rings. The van der Waals surface area contributed by atoms with E-state index in [0.29, 0.717) is 12.1 Å². The topological polar surface area (TPSA) is 54.9 Å². The minimum absolute atomic E-state index is 0. The maximum Gasteiger partial charge on any atom is 0.317 e. The van der Waals surface area contributed by atoms with E-state index in [4.69, 9.17) is 0 Å². The van der Waals surface area contributed by atoms with Crippen LogP contribution in [0.2, 0.25) is 0 Å². The van der Waals surface area contributed by atoms with E-state index < -0.39 is 11.1 Å². The highest BCUT2D eigenvalue weighted by atomic mass is 35.5. The summed E-state index contributed by atoms with van der Waals surface area (Å²) < 4.78 is 1.50. The van der Waals surface area contributed by atoms with E-state index in [-0.39, 0.29) is 12.4 Å². The van der Waals surface area contributed by atoms with Gasteiger partial charge in [-0.1, -0.05) is 24.3 Å². The van der Waals surface area contributed by atoms with Crippen LogP contribution in [0.25, 0.3) is 17.1 Å². The molecule has 82 valence electrons. The molecule has 1 aliphatic rings.